The maximum Gasteiger partial charge on any atom is 0.260 e. The van der Waals surface area contributed by atoms with Crippen LogP contribution < -0.4 is 15.4 Å². The molecule has 5 nitrogen and oxygen atoms in total. The molecule has 21 heavy (non-hydrogen) atoms. The Bertz CT molecular complexity index is 437. The molecule has 0 bridgehead atoms. The molecule has 1 amide bonds. The van der Waals surface area contributed by atoms with E-state index < -0.39 is 6.10 Å². The third-order valence-corrected chi connectivity index (χ3v) is 3.17. The summed E-state index contributed by atoms with van der Waals surface area (Å²) in [5.74, 6) is 0.596. The molecule has 0 aliphatic rings. The lowest BCUT2D eigenvalue weighted by Gasteiger charge is -2.20. The standard InChI is InChI=1S/C16H26N2O3/c1-5-17-12(2)14-8-6-7-9-15(14)21-13(3)16(19)18-10-11-20-4/h6-9,12-13,17H,5,10-11H2,1-4H3,(H,18,19). The Hall–Kier alpha value is -1.59. The van der Waals surface area contributed by atoms with Gasteiger partial charge in [-0.1, -0.05) is 25.1 Å². The van der Waals surface area contributed by atoms with Crippen molar-refractivity contribution < 1.29 is 14.3 Å². The first-order valence-electron chi connectivity index (χ1n) is 7.35. The van der Waals surface area contributed by atoms with Gasteiger partial charge in [-0.05, 0) is 26.5 Å². The summed E-state index contributed by atoms with van der Waals surface area (Å²) in [5.41, 5.74) is 1.05. The van der Waals surface area contributed by atoms with Crippen LogP contribution in [0.4, 0.5) is 0 Å². The molecule has 0 aliphatic carbocycles. The number of benzene rings is 1. The number of hydrogen-bond donors (Lipinski definition) is 2. The molecule has 0 saturated heterocycles. The van der Waals surface area contributed by atoms with Crippen molar-refractivity contribution in [3.05, 3.63) is 29.8 Å². The maximum atomic E-state index is 11.9. The lowest BCUT2D eigenvalue weighted by Crippen LogP contribution is -2.38. The fourth-order valence-electron chi connectivity index (χ4n) is 2.03. The fraction of sp³-hybridized carbons (Fsp3) is 0.562. The third kappa shape index (κ3) is 5.73. The third-order valence-electron chi connectivity index (χ3n) is 3.17. The molecule has 0 spiro atoms. The normalized spacial score (nSPS) is 13.5. The molecule has 0 saturated carbocycles. The second-order valence-electron chi connectivity index (χ2n) is 4.86. The van der Waals surface area contributed by atoms with Crippen LogP contribution in [0.1, 0.15) is 32.4 Å². The minimum atomic E-state index is -0.545. The molecular formula is C16H26N2O3. The highest BCUT2D eigenvalue weighted by Crippen LogP contribution is 2.25. The molecule has 2 N–H and O–H groups in total. The quantitative estimate of drug-likeness (QED) is 0.683. The number of para-hydroxylation sites is 1. The Morgan fingerprint density at radius 2 is 2.00 bits per heavy atom. The highest BCUT2D eigenvalue weighted by Gasteiger charge is 2.17. The summed E-state index contributed by atoms with van der Waals surface area (Å²) >= 11 is 0. The van der Waals surface area contributed by atoms with Crippen molar-refractivity contribution >= 4 is 5.91 Å². The minimum Gasteiger partial charge on any atom is -0.481 e. The van der Waals surface area contributed by atoms with E-state index in [1.165, 1.54) is 0 Å². The van der Waals surface area contributed by atoms with Crippen molar-refractivity contribution in [2.45, 2.75) is 32.9 Å². The van der Waals surface area contributed by atoms with E-state index in [-0.39, 0.29) is 11.9 Å². The molecule has 1 aromatic carbocycles. The predicted molar refractivity (Wildman–Crippen MR) is 83.5 cm³/mol. The number of rotatable bonds is 9. The van der Waals surface area contributed by atoms with Crippen LogP contribution in [0.25, 0.3) is 0 Å². The first-order chi connectivity index (χ1) is 10.1. The monoisotopic (exact) mass is 294 g/mol. The highest BCUT2D eigenvalue weighted by atomic mass is 16.5. The van der Waals surface area contributed by atoms with E-state index in [0.717, 1.165) is 17.9 Å². The first-order valence-corrected chi connectivity index (χ1v) is 7.35. The van der Waals surface area contributed by atoms with Gasteiger partial charge in [-0.15, -0.1) is 0 Å². The van der Waals surface area contributed by atoms with E-state index in [0.29, 0.717) is 13.2 Å². The topological polar surface area (TPSA) is 59.6 Å². The second-order valence-corrected chi connectivity index (χ2v) is 4.86. The Morgan fingerprint density at radius 3 is 2.67 bits per heavy atom. The number of amides is 1. The molecule has 0 heterocycles. The summed E-state index contributed by atoms with van der Waals surface area (Å²) in [4.78, 5) is 11.9. The van der Waals surface area contributed by atoms with Crippen molar-refractivity contribution in [1.29, 1.82) is 0 Å². The maximum absolute atomic E-state index is 11.9. The molecule has 0 aromatic heterocycles. The van der Waals surface area contributed by atoms with Gasteiger partial charge in [-0.2, -0.15) is 0 Å². The lowest BCUT2D eigenvalue weighted by molar-refractivity contribution is -0.127. The van der Waals surface area contributed by atoms with Crippen LogP contribution in [0.5, 0.6) is 5.75 Å². The van der Waals surface area contributed by atoms with Crippen LogP contribution >= 0.6 is 0 Å². The van der Waals surface area contributed by atoms with Gasteiger partial charge in [0.25, 0.3) is 5.91 Å². The van der Waals surface area contributed by atoms with Crippen LogP contribution in [0.15, 0.2) is 24.3 Å². The summed E-state index contributed by atoms with van der Waals surface area (Å²) in [6, 6.07) is 7.96. The number of carbonyl (C=O) groups excluding carboxylic acids is 1. The van der Waals surface area contributed by atoms with Crippen molar-refractivity contribution in [3.8, 4) is 5.75 Å². The molecule has 0 fully saturated rings. The lowest BCUT2D eigenvalue weighted by atomic mass is 10.1. The van der Waals surface area contributed by atoms with Crippen molar-refractivity contribution in [2.75, 3.05) is 26.8 Å². The van der Waals surface area contributed by atoms with E-state index in [1.54, 1.807) is 14.0 Å². The van der Waals surface area contributed by atoms with Crippen LogP contribution in [0.3, 0.4) is 0 Å². The van der Waals surface area contributed by atoms with E-state index in [1.807, 2.05) is 24.3 Å². The summed E-state index contributed by atoms with van der Waals surface area (Å²) in [6.45, 7) is 7.74. The molecule has 0 radical (unpaired) electrons. The number of ether oxygens (including phenoxy) is 2. The minimum absolute atomic E-state index is 0.141. The van der Waals surface area contributed by atoms with Crippen molar-refractivity contribution in [3.63, 3.8) is 0 Å². The number of nitrogens with one attached hydrogen (secondary N) is 2. The summed E-state index contributed by atoms with van der Waals surface area (Å²) in [7, 11) is 1.60. The summed E-state index contributed by atoms with van der Waals surface area (Å²) in [5, 5.41) is 6.12. The zero-order valence-electron chi connectivity index (χ0n) is 13.3. The summed E-state index contributed by atoms with van der Waals surface area (Å²) in [6.07, 6.45) is -0.545. The molecule has 2 unspecified atom stereocenters. The van der Waals surface area contributed by atoms with Crippen LogP contribution in [0.2, 0.25) is 0 Å². The molecule has 2 atom stereocenters. The van der Waals surface area contributed by atoms with Gasteiger partial charge in [0.05, 0.1) is 6.61 Å². The average molecular weight is 294 g/mol. The van der Waals surface area contributed by atoms with Gasteiger partial charge >= 0.3 is 0 Å². The van der Waals surface area contributed by atoms with E-state index in [2.05, 4.69) is 24.5 Å². The van der Waals surface area contributed by atoms with E-state index in [4.69, 9.17) is 9.47 Å². The molecule has 118 valence electrons. The SMILES string of the molecule is CCNC(C)c1ccccc1OC(C)C(=O)NCCOC. The van der Waals surface area contributed by atoms with Crippen LogP contribution in [-0.4, -0.2) is 38.8 Å². The number of carbonyl (C=O) groups is 1. The van der Waals surface area contributed by atoms with Gasteiger partial charge in [-0.25, -0.2) is 0 Å². The molecule has 1 rings (SSSR count). The number of hydrogen-bond acceptors (Lipinski definition) is 4. The van der Waals surface area contributed by atoms with Gasteiger partial charge in [0, 0.05) is 25.3 Å². The zero-order chi connectivity index (χ0) is 15.7. The van der Waals surface area contributed by atoms with Gasteiger partial charge < -0.3 is 20.1 Å². The van der Waals surface area contributed by atoms with Gasteiger partial charge in [0.15, 0.2) is 6.10 Å². The average Bonchev–Trinajstić information content (AvgIpc) is 2.48. The smallest absolute Gasteiger partial charge is 0.260 e. The largest absolute Gasteiger partial charge is 0.481 e. The van der Waals surface area contributed by atoms with Crippen molar-refractivity contribution in [1.82, 2.24) is 10.6 Å². The fourth-order valence-corrected chi connectivity index (χ4v) is 2.03. The summed E-state index contributed by atoms with van der Waals surface area (Å²) < 4.78 is 10.7. The first kappa shape index (κ1) is 17.5. The molecular weight excluding hydrogens is 268 g/mol. The molecule has 0 aliphatic heterocycles. The zero-order valence-corrected chi connectivity index (χ0v) is 13.3. The molecule has 1 aromatic rings. The predicted octanol–water partition coefficient (Wildman–Crippen LogP) is 1.89. The van der Waals surface area contributed by atoms with Crippen LogP contribution in [0, 0.1) is 0 Å². The second kappa shape index (κ2) is 9.37. The Labute approximate surface area is 127 Å². The van der Waals surface area contributed by atoms with Gasteiger partial charge in [0.1, 0.15) is 5.75 Å². The van der Waals surface area contributed by atoms with Gasteiger partial charge in [-0.3, -0.25) is 4.79 Å². The van der Waals surface area contributed by atoms with E-state index in [9.17, 15) is 4.79 Å². The molecule has 5 heteroatoms. The van der Waals surface area contributed by atoms with Crippen LogP contribution in [-0.2, 0) is 9.53 Å². The van der Waals surface area contributed by atoms with Crippen molar-refractivity contribution in [2.24, 2.45) is 0 Å². The Kier molecular flexibility index (Phi) is 7.79. The van der Waals surface area contributed by atoms with E-state index >= 15 is 0 Å². The van der Waals surface area contributed by atoms with Gasteiger partial charge in [0.2, 0.25) is 0 Å². The number of methoxy groups -OCH3 is 1. The highest BCUT2D eigenvalue weighted by molar-refractivity contribution is 5.80. The Morgan fingerprint density at radius 1 is 1.29 bits per heavy atom. The Balaban J connectivity index is 2.67.